The third-order valence-corrected chi connectivity index (χ3v) is 4.48. The summed E-state index contributed by atoms with van der Waals surface area (Å²) in [6.45, 7) is 1.17. The number of benzene rings is 1. The first-order valence-electron chi connectivity index (χ1n) is 7.32. The monoisotopic (exact) mass is 341 g/mol. The molecule has 0 amide bonds. The number of methoxy groups -OCH3 is 1. The van der Waals surface area contributed by atoms with E-state index >= 15 is 0 Å². The van der Waals surface area contributed by atoms with Gasteiger partial charge in [-0.2, -0.15) is 0 Å². The lowest BCUT2D eigenvalue weighted by Crippen LogP contribution is -2.43. The Balaban J connectivity index is 1.90. The third kappa shape index (κ3) is 4.47. The van der Waals surface area contributed by atoms with Crippen LogP contribution in [0, 0.1) is 0 Å². The minimum Gasteiger partial charge on any atom is -0.496 e. The highest BCUT2D eigenvalue weighted by molar-refractivity contribution is 9.10. The van der Waals surface area contributed by atoms with Crippen LogP contribution in [0.25, 0.3) is 0 Å². The highest BCUT2D eigenvalue weighted by atomic mass is 79.9. The summed E-state index contributed by atoms with van der Waals surface area (Å²) in [4.78, 5) is 0. The fourth-order valence-corrected chi connectivity index (χ4v) is 3.21. The molecule has 112 valence electrons. The van der Waals surface area contributed by atoms with Gasteiger partial charge < -0.3 is 15.2 Å². The van der Waals surface area contributed by atoms with Crippen LogP contribution in [0.3, 0.4) is 0 Å². The summed E-state index contributed by atoms with van der Waals surface area (Å²) in [5.41, 5.74) is 7.37. The molecule has 1 aliphatic rings. The van der Waals surface area contributed by atoms with Crippen molar-refractivity contribution in [2.24, 2.45) is 5.73 Å². The van der Waals surface area contributed by atoms with Gasteiger partial charge >= 0.3 is 0 Å². The number of hydrogen-bond acceptors (Lipinski definition) is 3. The van der Waals surface area contributed by atoms with Crippen LogP contribution in [0.2, 0.25) is 0 Å². The van der Waals surface area contributed by atoms with Gasteiger partial charge in [-0.3, -0.25) is 0 Å². The molecule has 0 radical (unpaired) electrons. The van der Waals surface area contributed by atoms with E-state index in [0.29, 0.717) is 13.2 Å². The van der Waals surface area contributed by atoms with Crippen molar-refractivity contribution < 1.29 is 9.47 Å². The number of halogens is 1. The maximum Gasteiger partial charge on any atom is 0.124 e. The normalized spacial score (nSPS) is 18.6. The van der Waals surface area contributed by atoms with E-state index in [-0.39, 0.29) is 5.54 Å². The minimum absolute atomic E-state index is 0.143. The molecule has 0 bridgehead atoms. The second-order valence-corrected chi connectivity index (χ2v) is 6.64. The quantitative estimate of drug-likeness (QED) is 0.822. The van der Waals surface area contributed by atoms with Crippen LogP contribution in [-0.2, 0) is 11.3 Å². The molecular formula is C16H24BrNO2. The van der Waals surface area contributed by atoms with E-state index in [9.17, 15) is 0 Å². The average molecular weight is 342 g/mol. The Hall–Kier alpha value is -0.580. The molecule has 3 nitrogen and oxygen atoms in total. The molecule has 0 aromatic heterocycles. The average Bonchev–Trinajstić information content (AvgIpc) is 2.64. The SMILES string of the molecule is COc1ccc(Br)cc1COCC1(N)CCCCCC1. The van der Waals surface area contributed by atoms with E-state index in [2.05, 4.69) is 15.9 Å². The van der Waals surface area contributed by atoms with Crippen LogP contribution in [0.5, 0.6) is 5.75 Å². The molecule has 0 heterocycles. The predicted octanol–water partition coefficient (Wildman–Crippen LogP) is 4.03. The summed E-state index contributed by atoms with van der Waals surface area (Å²) in [5, 5.41) is 0. The molecule has 4 heteroatoms. The zero-order chi connectivity index (χ0) is 14.4. The largest absolute Gasteiger partial charge is 0.496 e. The molecular weight excluding hydrogens is 318 g/mol. The topological polar surface area (TPSA) is 44.5 Å². The lowest BCUT2D eigenvalue weighted by molar-refractivity contribution is 0.0656. The first-order chi connectivity index (χ1) is 9.63. The second-order valence-electron chi connectivity index (χ2n) is 5.73. The molecule has 0 spiro atoms. The van der Waals surface area contributed by atoms with Crippen molar-refractivity contribution in [1.29, 1.82) is 0 Å². The van der Waals surface area contributed by atoms with E-state index in [1.807, 2.05) is 18.2 Å². The summed E-state index contributed by atoms with van der Waals surface area (Å²) in [6.07, 6.45) is 7.20. The van der Waals surface area contributed by atoms with E-state index < -0.39 is 0 Å². The van der Waals surface area contributed by atoms with Crippen LogP contribution in [0.1, 0.15) is 44.1 Å². The smallest absolute Gasteiger partial charge is 0.124 e. The lowest BCUT2D eigenvalue weighted by Gasteiger charge is -2.27. The van der Waals surface area contributed by atoms with Gasteiger partial charge in [-0.05, 0) is 31.0 Å². The van der Waals surface area contributed by atoms with Crippen LogP contribution in [0.15, 0.2) is 22.7 Å². The van der Waals surface area contributed by atoms with Crippen molar-refractivity contribution in [1.82, 2.24) is 0 Å². The molecule has 0 aliphatic heterocycles. The van der Waals surface area contributed by atoms with E-state index in [1.54, 1.807) is 7.11 Å². The lowest BCUT2D eigenvalue weighted by atomic mass is 9.92. The number of ether oxygens (including phenoxy) is 2. The second kappa shape index (κ2) is 7.43. The minimum atomic E-state index is -0.143. The van der Waals surface area contributed by atoms with Gasteiger partial charge in [-0.15, -0.1) is 0 Å². The van der Waals surface area contributed by atoms with Gasteiger partial charge in [0.1, 0.15) is 5.75 Å². The van der Waals surface area contributed by atoms with Crippen molar-refractivity contribution in [3.63, 3.8) is 0 Å². The zero-order valence-corrected chi connectivity index (χ0v) is 13.7. The van der Waals surface area contributed by atoms with Crippen molar-refractivity contribution in [2.75, 3.05) is 13.7 Å². The van der Waals surface area contributed by atoms with Crippen molar-refractivity contribution in [2.45, 2.75) is 50.7 Å². The Labute approximate surface area is 130 Å². The number of nitrogens with two attached hydrogens (primary N) is 1. The highest BCUT2D eigenvalue weighted by Gasteiger charge is 2.26. The Morgan fingerprint density at radius 1 is 1.20 bits per heavy atom. The summed E-state index contributed by atoms with van der Waals surface area (Å²) in [5.74, 6) is 0.861. The summed E-state index contributed by atoms with van der Waals surface area (Å²) >= 11 is 3.48. The molecule has 1 aromatic rings. The van der Waals surface area contributed by atoms with Crippen LogP contribution >= 0.6 is 15.9 Å². The molecule has 1 aromatic carbocycles. The molecule has 1 fully saturated rings. The maximum absolute atomic E-state index is 6.46. The van der Waals surface area contributed by atoms with Gasteiger partial charge in [-0.25, -0.2) is 0 Å². The van der Waals surface area contributed by atoms with E-state index in [0.717, 1.165) is 28.6 Å². The fourth-order valence-electron chi connectivity index (χ4n) is 2.80. The van der Waals surface area contributed by atoms with Crippen LogP contribution in [0.4, 0.5) is 0 Å². The summed E-state index contributed by atoms with van der Waals surface area (Å²) in [6, 6.07) is 5.96. The molecule has 0 saturated heterocycles. The molecule has 0 unspecified atom stereocenters. The van der Waals surface area contributed by atoms with Crippen LogP contribution in [-0.4, -0.2) is 19.3 Å². The molecule has 20 heavy (non-hydrogen) atoms. The highest BCUT2D eigenvalue weighted by Crippen LogP contribution is 2.27. The Morgan fingerprint density at radius 2 is 1.90 bits per heavy atom. The first-order valence-corrected chi connectivity index (χ1v) is 8.11. The molecule has 0 atom stereocenters. The molecule has 1 aliphatic carbocycles. The molecule has 2 N–H and O–H groups in total. The predicted molar refractivity (Wildman–Crippen MR) is 85.0 cm³/mol. The van der Waals surface area contributed by atoms with Crippen molar-refractivity contribution in [3.8, 4) is 5.75 Å². The summed E-state index contributed by atoms with van der Waals surface area (Å²) in [7, 11) is 1.68. The van der Waals surface area contributed by atoms with E-state index in [4.69, 9.17) is 15.2 Å². The zero-order valence-electron chi connectivity index (χ0n) is 12.2. The third-order valence-electron chi connectivity index (χ3n) is 3.99. The fraction of sp³-hybridized carbons (Fsp3) is 0.625. The molecule has 1 saturated carbocycles. The number of hydrogen-bond donors (Lipinski definition) is 1. The van der Waals surface area contributed by atoms with Gasteiger partial charge in [0, 0.05) is 15.6 Å². The van der Waals surface area contributed by atoms with Gasteiger partial charge in [0.05, 0.1) is 20.3 Å². The summed E-state index contributed by atoms with van der Waals surface area (Å²) < 4.78 is 12.3. The standard InChI is InChI=1S/C16H24BrNO2/c1-19-15-7-6-14(17)10-13(15)11-20-12-16(18)8-4-2-3-5-9-16/h6-7,10H,2-5,8-9,11-12,18H2,1H3. The Morgan fingerprint density at radius 3 is 2.55 bits per heavy atom. The van der Waals surface area contributed by atoms with Gasteiger partial charge in [-0.1, -0.05) is 41.6 Å². The molecule has 2 rings (SSSR count). The Bertz CT molecular complexity index is 428. The van der Waals surface area contributed by atoms with Crippen LogP contribution < -0.4 is 10.5 Å². The van der Waals surface area contributed by atoms with E-state index in [1.165, 1.54) is 25.7 Å². The maximum atomic E-state index is 6.46. The van der Waals surface area contributed by atoms with Gasteiger partial charge in [0.25, 0.3) is 0 Å². The van der Waals surface area contributed by atoms with Crippen molar-refractivity contribution >= 4 is 15.9 Å². The first kappa shape index (κ1) is 15.8. The number of rotatable bonds is 5. The van der Waals surface area contributed by atoms with Gasteiger partial charge in [0.2, 0.25) is 0 Å². The van der Waals surface area contributed by atoms with Gasteiger partial charge in [0.15, 0.2) is 0 Å². The van der Waals surface area contributed by atoms with Crippen molar-refractivity contribution in [3.05, 3.63) is 28.2 Å². The Kier molecular flexibility index (Phi) is 5.87.